The van der Waals surface area contributed by atoms with Crippen molar-refractivity contribution in [1.29, 1.82) is 0 Å². The van der Waals surface area contributed by atoms with Crippen LogP contribution in [0.3, 0.4) is 0 Å². The summed E-state index contributed by atoms with van der Waals surface area (Å²) >= 11 is 6.04. The number of benzene rings is 2. The fourth-order valence-corrected chi connectivity index (χ4v) is 3.02. The van der Waals surface area contributed by atoms with E-state index < -0.39 is 11.7 Å². The zero-order chi connectivity index (χ0) is 21.3. The molecule has 0 bridgehead atoms. The Morgan fingerprint density at radius 3 is 2.87 bits per heavy atom. The molecule has 7 nitrogen and oxygen atoms in total. The highest BCUT2D eigenvalue weighted by Gasteiger charge is 2.13. The molecule has 0 atom stereocenters. The Hall–Kier alpha value is -3.65. The number of hydrogen-bond acceptors (Lipinski definition) is 5. The normalized spacial score (nSPS) is 10.9. The highest BCUT2D eigenvalue weighted by Crippen LogP contribution is 2.29. The Morgan fingerprint density at radius 1 is 1.23 bits per heavy atom. The zero-order valence-corrected chi connectivity index (χ0v) is 16.4. The molecule has 0 fully saturated rings. The minimum atomic E-state index is -0.521. The maximum Gasteiger partial charge on any atom is 0.287 e. The summed E-state index contributed by atoms with van der Waals surface area (Å²) in [7, 11) is 0. The van der Waals surface area contributed by atoms with Gasteiger partial charge < -0.3 is 14.6 Å². The van der Waals surface area contributed by atoms with E-state index in [0.717, 1.165) is 10.6 Å². The Morgan fingerprint density at radius 2 is 2.07 bits per heavy atom. The molecule has 2 aromatic heterocycles. The first-order valence-electron chi connectivity index (χ1n) is 8.88. The Labute approximate surface area is 174 Å². The van der Waals surface area contributed by atoms with E-state index in [4.69, 9.17) is 20.9 Å². The van der Waals surface area contributed by atoms with Crippen LogP contribution in [-0.4, -0.2) is 15.5 Å². The van der Waals surface area contributed by atoms with E-state index in [2.05, 4.69) is 10.3 Å². The van der Waals surface area contributed by atoms with Crippen molar-refractivity contribution in [2.45, 2.75) is 13.5 Å². The van der Waals surface area contributed by atoms with E-state index in [1.807, 2.05) is 0 Å². The molecule has 0 aliphatic heterocycles. The summed E-state index contributed by atoms with van der Waals surface area (Å²) in [6.07, 6.45) is 0. The Kier molecular flexibility index (Phi) is 5.24. The van der Waals surface area contributed by atoms with Crippen molar-refractivity contribution in [2.75, 3.05) is 5.32 Å². The van der Waals surface area contributed by atoms with Crippen molar-refractivity contribution in [1.82, 2.24) is 9.56 Å². The molecule has 0 saturated carbocycles. The maximum atomic E-state index is 13.4. The number of hydrogen-bond donors (Lipinski definition) is 1. The number of ether oxygens (including phenoxy) is 1. The lowest BCUT2D eigenvalue weighted by Crippen LogP contribution is -2.15. The third-order valence-corrected chi connectivity index (χ3v) is 4.41. The van der Waals surface area contributed by atoms with Gasteiger partial charge in [-0.2, -0.15) is 0 Å². The van der Waals surface area contributed by atoms with Crippen molar-refractivity contribution in [3.8, 4) is 5.75 Å². The fraction of sp³-hybridized carbons (Fsp3) is 0.0952. The largest absolute Gasteiger partial charge is 0.485 e. The lowest BCUT2D eigenvalue weighted by atomic mass is 10.2. The summed E-state index contributed by atoms with van der Waals surface area (Å²) in [5.74, 6) is -0.173. The summed E-state index contributed by atoms with van der Waals surface area (Å²) in [6.45, 7) is 1.69. The van der Waals surface area contributed by atoms with E-state index in [1.165, 1.54) is 30.3 Å². The summed E-state index contributed by atoms with van der Waals surface area (Å²) in [6, 6.07) is 12.9. The van der Waals surface area contributed by atoms with Crippen molar-refractivity contribution in [2.24, 2.45) is 0 Å². The molecule has 1 amide bonds. The SMILES string of the molecule is Cc1cc2nc(COc3ccc(Cl)cc3NC(=O)c3cccc(F)c3)cc(=O)n2o1. The van der Waals surface area contributed by atoms with Crippen LogP contribution in [0.4, 0.5) is 10.1 Å². The van der Waals surface area contributed by atoms with Crippen molar-refractivity contribution < 1.29 is 18.4 Å². The van der Waals surface area contributed by atoms with E-state index in [9.17, 15) is 14.0 Å². The van der Waals surface area contributed by atoms with Crippen LogP contribution >= 0.6 is 11.6 Å². The van der Waals surface area contributed by atoms with E-state index in [1.54, 1.807) is 25.1 Å². The number of nitrogens with zero attached hydrogens (tertiary/aromatic N) is 2. The zero-order valence-electron chi connectivity index (χ0n) is 15.7. The van der Waals surface area contributed by atoms with Crippen LogP contribution in [0.1, 0.15) is 21.8 Å². The maximum absolute atomic E-state index is 13.4. The van der Waals surface area contributed by atoms with Gasteiger partial charge in [0.25, 0.3) is 11.5 Å². The van der Waals surface area contributed by atoms with Gasteiger partial charge in [-0.1, -0.05) is 17.7 Å². The molecule has 9 heteroatoms. The number of aromatic nitrogens is 2. The van der Waals surface area contributed by atoms with E-state index in [0.29, 0.717) is 33.6 Å². The molecule has 0 aliphatic rings. The van der Waals surface area contributed by atoms with Gasteiger partial charge in [-0.05, 0) is 43.3 Å². The van der Waals surface area contributed by atoms with Crippen molar-refractivity contribution in [3.63, 3.8) is 0 Å². The molecule has 0 aliphatic carbocycles. The fourth-order valence-electron chi connectivity index (χ4n) is 2.85. The molecule has 1 N–H and O–H groups in total. The van der Waals surface area contributed by atoms with Crippen LogP contribution < -0.4 is 15.6 Å². The average molecular weight is 428 g/mol. The standard InChI is InChI=1S/C21H15ClFN3O4/c1-12-7-19-24-16(10-20(27)26(19)30-12)11-29-18-6-5-14(22)9-17(18)25-21(28)13-3-2-4-15(23)8-13/h2-10H,11H2,1H3,(H,25,28). The number of carbonyl (C=O) groups excluding carboxylic acids is 1. The second kappa shape index (κ2) is 8.00. The number of nitrogens with one attached hydrogen (secondary N) is 1. The molecule has 152 valence electrons. The number of rotatable bonds is 5. The van der Waals surface area contributed by atoms with Gasteiger partial charge in [-0.25, -0.2) is 9.37 Å². The molecular formula is C21H15ClFN3O4. The summed E-state index contributed by atoms with van der Waals surface area (Å²) in [5.41, 5.74) is 0.833. The minimum absolute atomic E-state index is 0.0273. The molecule has 4 aromatic rings. The molecule has 0 spiro atoms. The number of anilines is 1. The van der Waals surface area contributed by atoms with Crippen LogP contribution in [0.15, 0.2) is 63.9 Å². The highest BCUT2D eigenvalue weighted by molar-refractivity contribution is 6.31. The first-order valence-corrected chi connectivity index (χ1v) is 9.26. The molecule has 4 rings (SSSR count). The lowest BCUT2D eigenvalue weighted by Gasteiger charge is -2.13. The summed E-state index contributed by atoms with van der Waals surface area (Å²) in [4.78, 5) is 28.9. The average Bonchev–Trinajstić information content (AvgIpc) is 3.08. The minimum Gasteiger partial charge on any atom is -0.485 e. The number of fused-ring (bicyclic) bond motifs is 1. The van der Waals surface area contributed by atoms with E-state index >= 15 is 0 Å². The van der Waals surface area contributed by atoms with Gasteiger partial charge in [0.05, 0.1) is 11.4 Å². The van der Waals surface area contributed by atoms with Gasteiger partial charge in [-0.3, -0.25) is 9.59 Å². The summed E-state index contributed by atoms with van der Waals surface area (Å²) in [5, 5.41) is 3.04. The number of aryl methyl sites for hydroxylation is 1. The van der Waals surface area contributed by atoms with Gasteiger partial charge >= 0.3 is 0 Å². The number of halogens is 2. The molecule has 2 heterocycles. The van der Waals surface area contributed by atoms with Gasteiger partial charge in [0.1, 0.15) is 23.9 Å². The topological polar surface area (TPSA) is 85.8 Å². The molecule has 0 radical (unpaired) electrons. The van der Waals surface area contributed by atoms with E-state index in [-0.39, 0.29) is 17.7 Å². The Bertz CT molecular complexity index is 1320. The lowest BCUT2D eigenvalue weighted by molar-refractivity contribution is 0.102. The van der Waals surface area contributed by atoms with Gasteiger partial charge in [0.15, 0.2) is 5.65 Å². The van der Waals surface area contributed by atoms with Crippen LogP contribution in [0.25, 0.3) is 5.65 Å². The summed E-state index contributed by atoms with van der Waals surface area (Å²) < 4.78 is 25.5. The van der Waals surface area contributed by atoms with Gasteiger partial charge in [0.2, 0.25) is 0 Å². The molecule has 2 aromatic carbocycles. The first-order chi connectivity index (χ1) is 14.4. The van der Waals surface area contributed by atoms with Gasteiger partial charge in [-0.15, -0.1) is 4.57 Å². The molecule has 0 unspecified atom stereocenters. The molecule has 0 saturated heterocycles. The smallest absolute Gasteiger partial charge is 0.287 e. The van der Waals surface area contributed by atoms with Crippen molar-refractivity contribution >= 4 is 28.8 Å². The quantitative estimate of drug-likeness (QED) is 0.515. The van der Waals surface area contributed by atoms with Crippen LogP contribution in [0.2, 0.25) is 5.02 Å². The first kappa shape index (κ1) is 19.7. The predicted molar refractivity (Wildman–Crippen MR) is 109 cm³/mol. The monoisotopic (exact) mass is 427 g/mol. The second-order valence-corrected chi connectivity index (χ2v) is 6.91. The highest BCUT2D eigenvalue weighted by atomic mass is 35.5. The Balaban J connectivity index is 1.56. The number of amides is 1. The second-order valence-electron chi connectivity index (χ2n) is 6.48. The molecule has 30 heavy (non-hydrogen) atoms. The third kappa shape index (κ3) is 4.18. The number of carbonyl (C=O) groups is 1. The van der Waals surface area contributed by atoms with Crippen LogP contribution in [0.5, 0.6) is 5.75 Å². The predicted octanol–water partition coefficient (Wildman–Crippen LogP) is 4.22. The van der Waals surface area contributed by atoms with Gasteiger partial charge in [0, 0.05) is 22.7 Å². The third-order valence-electron chi connectivity index (χ3n) is 4.18. The van der Waals surface area contributed by atoms with Crippen molar-refractivity contribution in [3.05, 3.63) is 92.8 Å². The van der Waals surface area contributed by atoms with Crippen LogP contribution in [-0.2, 0) is 6.61 Å². The van der Waals surface area contributed by atoms with Crippen LogP contribution in [0, 0.1) is 12.7 Å². The molecular weight excluding hydrogens is 413 g/mol.